The number of nitrogens with one attached hydrogen (secondary N) is 1. The fraction of sp³-hybridized carbons (Fsp3) is 0.333. The molecule has 0 fully saturated rings. The topological polar surface area (TPSA) is 107 Å². The SMILES string of the molecule is N#CCCCNS(=O)(=O)c1csc(C(=O)O)c1. The molecule has 0 aromatic carbocycles. The predicted octanol–water partition coefficient (Wildman–Crippen LogP) is 1.03. The standard InChI is InChI=1S/C9H10N2O4S2/c10-3-1-2-4-11-17(14,15)7-5-8(9(12)13)16-6-7/h5-6,11H,1-2,4H2,(H,12,13). The molecule has 0 aliphatic heterocycles. The number of unbranched alkanes of at least 4 members (excludes halogenated alkanes) is 1. The molecule has 1 heterocycles. The first-order chi connectivity index (χ1) is 7.97. The van der Waals surface area contributed by atoms with Crippen molar-refractivity contribution in [2.24, 2.45) is 0 Å². The van der Waals surface area contributed by atoms with E-state index >= 15 is 0 Å². The Kier molecular flexibility index (Phi) is 4.62. The second-order valence-corrected chi connectivity index (χ2v) is 5.79. The third-order valence-corrected chi connectivity index (χ3v) is 4.36. The van der Waals surface area contributed by atoms with Crippen molar-refractivity contribution in [1.29, 1.82) is 5.26 Å². The molecular weight excluding hydrogens is 264 g/mol. The Bertz CT molecular complexity index is 542. The number of nitriles is 1. The predicted molar refractivity (Wildman–Crippen MR) is 61.3 cm³/mol. The van der Waals surface area contributed by atoms with Crippen LogP contribution in [0.15, 0.2) is 16.3 Å². The van der Waals surface area contributed by atoms with E-state index in [1.165, 1.54) is 5.38 Å². The van der Waals surface area contributed by atoms with Gasteiger partial charge in [-0.15, -0.1) is 11.3 Å². The minimum absolute atomic E-state index is 0.0256. The lowest BCUT2D eigenvalue weighted by molar-refractivity contribution is 0.0702. The zero-order valence-corrected chi connectivity index (χ0v) is 10.3. The van der Waals surface area contributed by atoms with Gasteiger partial charge in [-0.05, 0) is 12.5 Å². The molecule has 0 aliphatic rings. The summed E-state index contributed by atoms with van der Waals surface area (Å²) in [5.74, 6) is -1.15. The monoisotopic (exact) mass is 274 g/mol. The van der Waals surface area contributed by atoms with E-state index in [9.17, 15) is 13.2 Å². The van der Waals surface area contributed by atoms with Gasteiger partial charge in [0.05, 0.1) is 11.0 Å². The number of nitrogens with zero attached hydrogens (tertiary/aromatic N) is 1. The van der Waals surface area contributed by atoms with Crippen LogP contribution in [0.25, 0.3) is 0 Å². The minimum Gasteiger partial charge on any atom is -0.477 e. The van der Waals surface area contributed by atoms with Crippen molar-refractivity contribution in [3.05, 3.63) is 16.3 Å². The zero-order chi connectivity index (χ0) is 12.9. The summed E-state index contributed by atoms with van der Waals surface area (Å²) < 4.78 is 25.6. The molecule has 0 saturated carbocycles. The molecule has 0 spiro atoms. The number of aromatic carboxylic acids is 1. The van der Waals surface area contributed by atoms with Crippen molar-refractivity contribution in [2.75, 3.05) is 6.54 Å². The second kappa shape index (κ2) is 5.77. The van der Waals surface area contributed by atoms with Crippen molar-refractivity contribution in [1.82, 2.24) is 4.72 Å². The highest BCUT2D eigenvalue weighted by molar-refractivity contribution is 7.89. The van der Waals surface area contributed by atoms with Gasteiger partial charge in [0.15, 0.2) is 0 Å². The minimum atomic E-state index is -3.67. The Morgan fingerprint density at radius 1 is 1.59 bits per heavy atom. The molecule has 0 unspecified atom stereocenters. The number of carboxylic acid groups (broad SMARTS) is 1. The number of carbonyl (C=O) groups is 1. The van der Waals surface area contributed by atoms with Crippen molar-refractivity contribution >= 4 is 27.3 Å². The molecule has 1 aromatic rings. The molecule has 8 heteroatoms. The van der Waals surface area contributed by atoms with Crippen LogP contribution in [-0.4, -0.2) is 26.0 Å². The summed E-state index contributed by atoms with van der Waals surface area (Å²) in [6.07, 6.45) is 0.693. The lowest BCUT2D eigenvalue weighted by atomic mass is 10.3. The molecule has 0 radical (unpaired) electrons. The number of hydrogen-bond donors (Lipinski definition) is 2. The van der Waals surface area contributed by atoms with E-state index in [-0.39, 0.29) is 22.7 Å². The van der Waals surface area contributed by atoms with Crippen LogP contribution in [-0.2, 0) is 10.0 Å². The fourth-order valence-electron chi connectivity index (χ4n) is 1.03. The van der Waals surface area contributed by atoms with Crippen LogP contribution in [0.5, 0.6) is 0 Å². The quantitative estimate of drug-likeness (QED) is 0.753. The maximum atomic E-state index is 11.7. The van der Waals surface area contributed by atoms with Crippen LogP contribution in [0.1, 0.15) is 22.5 Å². The number of sulfonamides is 1. The van der Waals surface area contributed by atoms with Gasteiger partial charge < -0.3 is 5.11 Å². The van der Waals surface area contributed by atoms with Crippen molar-refractivity contribution < 1.29 is 18.3 Å². The van der Waals surface area contributed by atoms with Gasteiger partial charge in [0.2, 0.25) is 10.0 Å². The summed E-state index contributed by atoms with van der Waals surface area (Å²) in [6, 6.07) is 3.01. The van der Waals surface area contributed by atoms with Crippen molar-refractivity contribution in [3.63, 3.8) is 0 Å². The highest BCUT2D eigenvalue weighted by atomic mass is 32.2. The number of hydrogen-bond acceptors (Lipinski definition) is 5. The van der Waals surface area contributed by atoms with Crippen LogP contribution in [0, 0.1) is 11.3 Å². The largest absolute Gasteiger partial charge is 0.477 e. The maximum Gasteiger partial charge on any atom is 0.345 e. The van der Waals surface area contributed by atoms with Crippen molar-refractivity contribution in [2.45, 2.75) is 17.7 Å². The first-order valence-corrected chi connectivity index (χ1v) is 7.02. The van der Waals surface area contributed by atoms with Gasteiger partial charge in [-0.3, -0.25) is 0 Å². The lowest BCUT2D eigenvalue weighted by Gasteiger charge is -2.02. The Morgan fingerprint density at radius 3 is 2.82 bits per heavy atom. The molecule has 0 bridgehead atoms. The van der Waals surface area contributed by atoms with Gasteiger partial charge >= 0.3 is 5.97 Å². The molecule has 17 heavy (non-hydrogen) atoms. The molecule has 6 nitrogen and oxygen atoms in total. The lowest BCUT2D eigenvalue weighted by Crippen LogP contribution is -2.24. The first kappa shape index (κ1) is 13.6. The number of carboxylic acids is 1. The van der Waals surface area contributed by atoms with Crippen LogP contribution in [0.4, 0.5) is 0 Å². The molecular formula is C9H10N2O4S2. The van der Waals surface area contributed by atoms with E-state index in [0.29, 0.717) is 6.42 Å². The van der Waals surface area contributed by atoms with Gasteiger partial charge in [0.25, 0.3) is 0 Å². The average molecular weight is 274 g/mol. The number of thiophene rings is 1. The van der Waals surface area contributed by atoms with Crippen LogP contribution < -0.4 is 4.72 Å². The van der Waals surface area contributed by atoms with E-state index in [0.717, 1.165) is 17.4 Å². The summed E-state index contributed by atoms with van der Waals surface area (Å²) in [5, 5.41) is 18.2. The fourth-order valence-corrected chi connectivity index (χ4v) is 3.21. The summed E-state index contributed by atoms with van der Waals surface area (Å²) in [7, 11) is -3.67. The Balaban J connectivity index is 2.69. The third kappa shape index (κ3) is 3.81. The van der Waals surface area contributed by atoms with Gasteiger partial charge in [0, 0.05) is 18.3 Å². The maximum absolute atomic E-state index is 11.7. The van der Waals surface area contributed by atoms with Crippen LogP contribution in [0.3, 0.4) is 0 Å². The summed E-state index contributed by atoms with van der Waals surface area (Å²) in [6.45, 7) is 0.161. The molecule has 92 valence electrons. The molecule has 1 rings (SSSR count). The molecule has 0 saturated heterocycles. The summed E-state index contributed by atoms with van der Waals surface area (Å²) >= 11 is 0.857. The Morgan fingerprint density at radius 2 is 2.29 bits per heavy atom. The normalized spacial score (nSPS) is 11.0. The van der Waals surface area contributed by atoms with Gasteiger partial charge in [-0.1, -0.05) is 0 Å². The van der Waals surface area contributed by atoms with Gasteiger partial charge in [-0.2, -0.15) is 5.26 Å². The van der Waals surface area contributed by atoms with Crippen LogP contribution in [0.2, 0.25) is 0 Å². The first-order valence-electron chi connectivity index (χ1n) is 4.66. The van der Waals surface area contributed by atoms with Crippen LogP contribution >= 0.6 is 11.3 Å². The highest BCUT2D eigenvalue weighted by Gasteiger charge is 2.17. The number of rotatable bonds is 6. The Labute approximate surface area is 103 Å². The van der Waals surface area contributed by atoms with Crippen molar-refractivity contribution in [3.8, 4) is 6.07 Å². The smallest absolute Gasteiger partial charge is 0.345 e. The third-order valence-electron chi connectivity index (χ3n) is 1.85. The zero-order valence-electron chi connectivity index (χ0n) is 8.71. The van der Waals surface area contributed by atoms with E-state index in [1.54, 1.807) is 0 Å². The second-order valence-electron chi connectivity index (χ2n) is 3.11. The Hall–Kier alpha value is -1.43. The highest BCUT2D eigenvalue weighted by Crippen LogP contribution is 2.18. The van der Waals surface area contributed by atoms with E-state index in [4.69, 9.17) is 10.4 Å². The average Bonchev–Trinajstić information content (AvgIpc) is 2.74. The van der Waals surface area contributed by atoms with E-state index in [2.05, 4.69) is 4.72 Å². The molecule has 0 amide bonds. The van der Waals surface area contributed by atoms with E-state index < -0.39 is 16.0 Å². The molecule has 0 atom stereocenters. The molecule has 0 aliphatic carbocycles. The molecule has 1 aromatic heterocycles. The summed E-state index contributed by atoms with van der Waals surface area (Å²) in [4.78, 5) is 10.5. The molecule has 2 N–H and O–H groups in total. The van der Waals surface area contributed by atoms with Gasteiger partial charge in [-0.25, -0.2) is 17.9 Å². The van der Waals surface area contributed by atoms with E-state index in [1.807, 2.05) is 6.07 Å². The summed E-state index contributed by atoms with van der Waals surface area (Å²) in [5.41, 5.74) is 0. The van der Waals surface area contributed by atoms with Gasteiger partial charge in [0.1, 0.15) is 4.88 Å².